The summed E-state index contributed by atoms with van der Waals surface area (Å²) >= 11 is 0. The van der Waals surface area contributed by atoms with E-state index in [1.807, 2.05) is 49.9 Å². The fraction of sp³-hybridized carbons (Fsp3) is 0.385. The van der Waals surface area contributed by atoms with Crippen molar-refractivity contribution in [3.8, 4) is 28.8 Å². The van der Waals surface area contributed by atoms with Gasteiger partial charge in [-0.25, -0.2) is 14.4 Å². The highest BCUT2D eigenvalue weighted by molar-refractivity contribution is 5.74. The minimum atomic E-state index is -0.478. The molecule has 188 valence electrons. The summed E-state index contributed by atoms with van der Waals surface area (Å²) in [4.78, 5) is 14.6. The largest absolute Gasteiger partial charge is 0.507 e. The van der Waals surface area contributed by atoms with Gasteiger partial charge in [0.25, 0.3) is 0 Å². The van der Waals surface area contributed by atoms with Gasteiger partial charge in [-0.05, 0) is 58.5 Å². The van der Waals surface area contributed by atoms with Gasteiger partial charge >= 0.3 is 0 Å². The van der Waals surface area contributed by atoms with Crippen molar-refractivity contribution in [1.29, 1.82) is 0 Å². The third-order valence-corrected chi connectivity index (χ3v) is 6.45. The summed E-state index contributed by atoms with van der Waals surface area (Å²) in [7, 11) is 3.88. The van der Waals surface area contributed by atoms with Crippen molar-refractivity contribution in [2.45, 2.75) is 32.4 Å². The van der Waals surface area contributed by atoms with Gasteiger partial charge in [-0.2, -0.15) is 0 Å². The summed E-state index contributed by atoms with van der Waals surface area (Å²) in [5.41, 5.74) is 8.04. The molecule has 0 saturated carbocycles. The fourth-order valence-corrected chi connectivity index (χ4v) is 4.00. The standard InChI is InChI=1S/C26H31FN8O/c1-17(33(3)4)9-10-24-29-16-20(27)26(30-24)35-14-13-34(12-11-18(35)2)22-15-21(31-32-25(22)28)19-7-5-6-8-23(19)36/h5-8,15-18,36H,11-14H2,1-4H3,(H2,28,32)/t17?,18-/m1/s1. The molecule has 1 fully saturated rings. The van der Waals surface area contributed by atoms with E-state index in [4.69, 9.17) is 5.73 Å². The first kappa shape index (κ1) is 25.1. The van der Waals surface area contributed by atoms with E-state index in [9.17, 15) is 9.50 Å². The molecule has 2 atom stereocenters. The average molecular weight is 491 g/mol. The number of hydrogen-bond acceptors (Lipinski definition) is 9. The summed E-state index contributed by atoms with van der Waals surface area (Å²) in [6, 6.07) is 8.85. The number of benzene rings is 1. The van der Waals surface area contributed by atoms with Gasteiger partial charge in [0.1, 0.15) is 5.75 Å². The Hall–Kier alpha value is -3.97. The summed E-state index contributed by atoms with van der Waals surface area (Å²) in [5, 5.41) is 18.5. The molecular formula is C26H31FN8O. The van der Waals surface area contributed by atoms with Crippen LogP contribution in [-0.2, 0) is 0 Å². The van der Waals surface area contributed by atoms with E-state index >= 15 is 0 Å². The molecule has 0 amide bonds. The van der Waals surface area contributed by atoms with E-state index in [1.165, 1.54) is 6.20 Å². The number of para-hydroxylation sites is 1. The molecule has 0 bridgehead atoms. The first-order valence-electron chi connectivity index (χ1n) is 11.9. The summed E-state index contributed by atoms with van der Waals surface area (Å²) in [6.07, 6.45) is 1.93. The maximum Gasteiger partial charge on any atom is 0.207 e. The SMILES string of the molecule is CC(C#Cc1ncc(F)c(N2CCN(c3cc(-c4ccccc4O)nnc3N)CC[C@H]2C)n1)N(C)C. The monoisotopic (exact) mass is 490 g/mol. The van der Waals surface area contributed by atoms with Crippen LogP contribution in [0.15, 0.2) is 36.5 Å². The Balaban J connectivity index is 1.58. The Morgan fingerprint density at radius 1 is 1.19 bits per heavy atom. The number of nitrogens with two attached hydrogens (primary N) is 1. The number of rotatable bonds is 4. The molecule has 3 N–H and O–H groups in total. The summed E-state index contributed by atoms with van der Waals surface area (Å²) < 4.78 is 14.9. The van der Waals surface area contributed by atoms with Crippen molar-refractivity contribution in [1.82, 2.24) is 25.1 Å². The number of halogens is 1. The third kappa shape index (κ3) is 5.47. The highest BCUT2D eigenvalue weighted by Crippen LogP contribution is 2.32. The van der Waals surface area contributed by atoms with Crippen LogP contribution in [0.3, 0.4) is 0 Å². The van der Waals surface area contributed by atoms with Crippen LogP contribution in [0.5, 0.6) is 5.75 Å². The number of hydrogen-bond donors (Lipinski definition) is 2. The Kier molecular flexibility index (Phi) is 7.50. The van der Waals surface area contributed by atoms with Gasteiger partial charge in [-0.3, -0.25) is 4.90 Å². The maximum atomic E-state index is 14.9. The van der Waals surface area contributed by atoms with Crippen LogP contribution in [0.1, 0.15) is 26.1 Å². The zero-order chi connectivity index (χ0) is 25.8. The highest BCUT2D eigenvalue weighted by atomic mass is 19.1. The predicted octanol–water partition coefficient (Wildman–Crippen LogP) is 2.77. The zero-order valence-corrected chi connectivity index (χ0v) is 21.0. The Bertz CT molecular complexity index is 1290. The van der Waals surface area contributed by atoms with Gasteiger partial charge in [0.05, 0.1) is 23.6 Å². The van der Waals surface area contributed by atoms with Crippen LogP contribution in [0.2, 0.25) is 0 Å². The van der Waals surface area contributed by atoms with Crippen LogP contribution in [0, 0.1) is 17.7 Å². The van der Waals surface area contributed by atoms with E-state index in [1.54, 1.807) is 18.2 Å². The van der Waals surface area contributed by atoms with Crippen LogP contribution in [0.25, 0.3) is 11.3 Å². The number of phenols is 1. The number of anilines is 3. The van der Waals surface area contributed by atoms with Crippen molar-refractivity contribution in [3.63, 3.8) is 0 Å². The van der Waals surface area contributed by atoms with Gasteiger partial charge in [-0.1, -0.05) is 18.1 Å². The predicted molar refractivity (Wildman–Crippen MR) is 139 cm³/mol. The van der Waals surface area contributed by atoms with Gasteiger partial charge in [0, 0.05) is 31.2 Å². The maximum absolute atomic E-state index is 14.9. The molecule has 9 nitrogen and oxygen atoms in total. The van der Waals surface area contributed by atoms with Crippen LogP contribution in [0.4, 0.5) is 21.7 Å². The quantitative estimate of drug-likeness (QED) is 0.534. The number of aromatic hydroxyl groups is 1. The molecule has 10 heteroatoms. The molecule has 4 rings (SSSR count). The van der Waals surface area contributed by atoms with E-state index in [-0.39, 0.29) is 23.7 Å². The fourth-order valence-electron chi connectivity index (χ4n) is 4.00. The second kappa shape index (κ2) is 10.7. The molecule has 1 aliphatic heterocycles. The van der Waals surface area contributed by atoms with Crippen molar-refractivity contribution in [2.75, 3.05) is 49.3 Å². The lowest BCUT2D eigenvalue weighted by atomic mass is 10.1. The molecule has 36 heavy (non-hydrogen) atoms. The average Bonchev–Trinajstić information content (AvgIpc) is 3.05. The lowest BCUT2D eigenvalue weighted by molar-refractivity contribution is 0.373. The topological polar surface area (TPSA) is 108 Å². The van der Waals surface area contributed by atoms with Gasteiger partial charge < -0.3 is 20.6 Å². The Morgan fingerprint density at radius 3 is 2.72 bits per heavy atom. The highest BCUT2D eigenvalue weighted by Gasteiger charge is 2.26. The molecular weight excluding hydrogens is 459 g/mol. The Morgan fingerprint density at radius 2 is 1.97 bits per heavy atom. The van der Waals surface area contributed by atoms with E-state index in [2.05, 4.69) is 36.9 Å². The molecule has 3 aromatic rings. The van der Waals surface area contributed by atoms with Crippen LogP contribution < -0.4 is 15.5 Å². The number of phenolic OH excluding ortho intramolecular Hbond substituents is 1. The summed E-state index contributed by atoms with van der Waals surface area (Å²) in [6.45, 7) is 5.80. The van der Waals surface area contributed by atoms with E-state index in [0.717, 1.165) is 12.1 Å². The molecule has 0 aliphatic carbocycles. The number of nitrogens with zero attached hydrogens (tertiary/aromatic N) is 7. The van der Waals surface area contributed by atoms with Crippen molar-refractivity contribution in [3.05, 3.63) is 48.2 Å². The molecule has 1 unspecified atom stereocenters. The first-order chi connectivity index (χ1) is 17.2. The molecule has 2 aromatic heterocycles. The lowest BCUT2D eigenvalue weighted by Crippen LogP contribution is -2.36. The van der Waals surface area contributed by atoms with Crippen LogP contribution in [-0.4, -0.2) is 76.0 Å². The van der Waals surface area contributed by atoms with E-state index in [0.29, 0.717) is 42.5 Å². The second-order valence-electron chi connectivity index (χ2n) is 9.11. The van der Waals surface area contributed by atoms with E-state index < -0.39 is 5.82 Å². The molecule has 3 heterocycles. The zero-order valence-electron chi connectivity index (χ0n) is 21.0. The van der Waals surface area contributed by atoms with Crippen molar-refractivity contribution < 1.29 is 9.50 Å². The van der Waals surface area contributed by atoms with Crippen LogP contribution >= 0.6 is 0 Å². The van der Waals surface area contributed by atoms with Crippen molar-refractivity contribution in [2.24, 2.45) is 0 Å². The molecule has 0 spiro atoms. The molecule has 0 radical (unpaired) electrons. The number of nitrogen functional groups attached to an aromatic ring is 1. The smallest absolute Gasteiger partial charge is 0.207 e. The third-order valence-electron chi connectivity index (χ3n) is 6.45. The lowest BCUT2D eigenvalue weighted by Gasteiger charge is -2.28. The Labute approximate surface area is 210 Å². The van der Waals surface area contributed by atoms with Gasteiger partial charge in [0.2, 0.25) is 5.82 Å². The second-order valence-corrected chi connectivity index (χ2v) is 9.11. The molecule has 1 saturated heterocycles. The summed E-state index contributed by atoms with van der Waals surface area (Å²) in [5.74, 6) is 6.53. The minimum absolute atomic E-state index is 0.0227. The van der Waals surface area contributed by atoms with Crippen molar-refractivity contribution >= 4 is 17.3 Å². The first-order valence-corrected chi connectivity index (χ1v) is 11.9. The molecule has 1 aromatic carbocycles. The van der Waals surface area contributed by atoms with Gasteiger partial charge in [-0.15, -0.1) is 10.2 Å². The normalized spacial score (nSPS) is 16.9. The minimum Gasteiger partial charge on any atom is -0.507 e. The molecule has 1 aliphatic rings. The number of aromatic nitrogens is 4. The van der Waals surface area contributed by atoms with Gasteiger partial charge in [0.15, 0.2) is 17.5 Å².